The summed E-state index contributed by atoms with van der Waals surface area (Å²) in [5, 5.41) is 42.4. The third-order valence-corrected chi connectivity index (χ3v) is 5.20. The number of hydrogen-bond acceptors (Lipinski definition) is 9. The normalized spacial score (nSPS) is 9.07. The molecule has 41 heavy (non-hydrogen) atoms. The summed E-state index contributed by atoms with van der Waals surface area (Å²) in [6, 6.07) is 26.3. The molecule has 0 aliphatic carbocycles. The largest absolute Gasteiger partial charge is 0.326 e. The molecule has 0 amide bonds. The highest BCUT2D eigenvalue weighted by Gasteiger charge is 1.98. The van der Waals surface area contributed by atoms with Crippen molar-refractivity contribution in [1.82, 2.24) is 45.4 Å². The SMILES string of the molecule is Cl.N#Cc1cccc(-n2nccn2)c1.N#Cc1cccc(Br)c1.NCc1cccc(-n2nccn2)c1.c1cn[nH]n1. The zero-order valence-corrected chi connectivity index (χ0v) is 23.8. The molecule has 0 radical (unpaired) electrons. The maximum atomic E-state index is 8.66. The molecule has 3 aromatic heterocycles. The van der Waals surface area contributed by atoms with Crippen LogP contribution in [0.25, 0.3) is 11.4 Å². The molecular weight excluding hydrogens is 608 g/mol. The van der Waals surface area contributed by atoms with E-state index in [0.717, 1.165) is 21.4 Å². The number of nitrogens with one attached hydrogen (secondary N) is 1. The van der Waals surface area contributed by atoms with Gasteiger partial charge in [0.2, 0.25) is 0 Å². The molecule has 0 aliphatic heterocycles. The Hall–Kier alpha value is -5.21. The number of H-pyrrole nitrogens is 1. The number of hydrogen-bond donors (Lipinski definition) is 2. The van der Waals surface area contributed by atoms with Crippen LogP contribution >= 0.6 is 28.3 Å². The Morgan fingerprint density at radius 3 is 1.61 bits per heavy atom. The Balaban J connectivity index is 0.000000199. The van der Waals surface area contributed by atoms with Crippen LogP contribution < -0.4 is 5.73 Å². The Bertz CT molecular complexity index is 1610. The van der Waals surface area contributed by atoms with Crippen LogP contribution in [0.15, 0.2) is 114 Å². The molecular formula is C27H24BrClN12. The summed E-state index contributed by atoms with van der Waals surface area (Å²) < 4.78 is 0.946. The number of halogens is 2. The highest BCUT2D eigenvalue weighted by molar-refractivity contribution is 9.10. The number of aromatic amines is 1. The molecule has 0 aliphatic rings. The maximum Gasteiger partial charge on any atom is 0.0992 e. The average molecular weight is 632 g/mol. The molecule has 0 saturated carbocycles. The number of aromatic nitrogens is 9. The lowest BCUT2D eigenvalue weighted by Crippen LogP contribution is -2.01. The highest BCUT2D eigenvalue weighted by Crippen LogP contribution is 2.10. The summed E-state index contributed by atoms with van der Waals surface area (Å²) >= 11 is 3.25. The second-order valence-electron chi connectivity index (χ2n) is 7.45. The average Bonchev–Trinajstić information content (AvgIpc) is 3.83. The highest BCUT2D eigenvalue weighted by atomic mass is 79.9. The van der Waals surface area contributed by atoms with Gasteiger partial charge < -0.3 is 5.73 Å². The monoisotopic (exact) mass is 630 g/mol. The van der Waals surface area contributed by atoms with Gasteiger partial charge in [0.15, 0.2) is 0 Å². The number of nitriles is 2. The van der Waals surface area contributed by atoms with Gasteiger partial charge >= 0.3 is 0 Å². The van der Waals surface area contributed by atoms with E-state index in [1.54, 1.807) is 72.3 Å². The van der Waals surface area contributed by atoms with Gasteiger partial charge in [0, 0.05) is 11.0 Å². The quantitative estimate of drug-likeness (QED) is 0.286. The van der Waals surface area contributed by atoms with Gasteiger partial charge in [0.25, 0.3) is 0 Å². The first-order chi connectivity index (χ1) is 19.6. The lowest BCUT2D eigenvalue weighted by atomic mass is 10.2. The van der Waals surface area contributed by atoms with Crippen molar-refractivity contribution in [3.63, 3.8) is 0 Å². The van der Waals surface area contributed by atoms with Crippen LogP contribution in [0.4, 0.5) is 0 Å². The van der Waals surface area contributed by atoms with Crippen molar-refractivity contribution in [3.05, 3.63) is 131 Å². The first kappa shape index (κ1) is 32.0. The fourth-order valence-electron chi connectivity index (χ4n) is 2.93. The molecule has 0 fully saturated rings. The summed E-state index contributed by atoms with van der Waals surface area (Å²) in [5.74, 6) is 0. The van der Waals surface area contributed by atoms with E-state index in [1.807, 2.05) is 48.5 Å². The van der Waals surface area contributed by atoms with Crippen molar-refractivity contribution in [3.8, 4) is 23.5 Å². The summed E-state index contributed by atoms with van der Waals surface area (Å²) in [5.41, 5.74) is 9.62. The fraction of sp³-hybridized carbons (Fsp3) is 0.0370. The van der Waals surface area contributed by atoms with Crippen molar-refractivity contribution in [1.29, 1.82) is 10.5 Å². The first-order valence-electron chi connectivity index (χ1n) is 11.6. The van der Waals surface area contributed by atoms with Crippen molar-refractivity contribution in [2.45, 2.75) is 6.54 Å². The molecule has 12 nitrogen and oxygen atoms in total. The third-order valence-electron chi connectivity index (χ3n) is 4.71. The van der Waals surface area contributed by atoms with Crippen molar-refractivity contribution in [2.24, 2.45) is 5.73 Å². The van der Waals surface area contributed by atoms with Gasteiger partial charge in [0.1, 0.15) is 0 Å². The van der Waals surface area contributed by atoms with E-state index in [9.17, 15) is 0 Å². The minimum absolute atomic E-state index is 0. The molecule has 0 spiro atoms. The molecule has 14 heteroatoms. The molecule has 6 rings (SSSR count). The Morgan fingerprint density at radius 1 is 0.683 bits per heavy atom. The summed E-state index contributed by atoms with van der Waals surface area (Å²) in [6.45, 7) is 0.537. The predicted octanol–water partition coefficient (Wildman–Crippen LogP) is 4.41. The smallest absolute Gasteiger partial charge is 0.0992 e. The number of nitrogens with zero attached hydrogens (tertiary/aromatic N) is 10. The van der Waals surface area contributed by atoms with E-state index in [1.165, 1.54) is 4.80 Å². The van der Waals surface area contributed by atoms with Gasteiger partial charge in [-0.1, -0.05) is 40.2 Å². The molecule has 0 saturated heterocycles. The topological polar surface area (TPSA) is 177 Å². The number of nitrogens with two attached hydrogens (primary N) is 1. The summed E-state index contributed by atoms with van der Waals surface area (Å²) in [7, 11) is 0. The van der Waals surface area contributed by atoms with Crippen LogP contribution in [-0.2, 0) is 6.54 Å². The van der Waals surface area contributed by atoms with E-state index in [2.05, 4.69) is 57.8 Å². The van der Waals surface area contributed by atoms with E-state index < -0.39 is 0 Å². The van der Waals surface area contributed by atoms with Crippen molar-refractivity contribution in [2.75, 3.05) is 0 Å². The van der Waals surface area contributed by atoms with E-state index in [-0.39, 0.29) is 12.4 Å². The lowest BCUT2D eigenvalue weighted by molar-refractivity contribution is 0.750. The molecule has 6 aromatic rings. The first-order valence-corrected chi connectivity index (χ1v) is 12.4. The van der Waals surface area contributed by atoms with Gasteiger partial charge in [0.05, 0.1) is 71.8 Å². The zero-order valence-electron chi connectivity index (χ0n) is 21.4. The van der Waals surface area contributed by atoms with Gasteiger partial charge in [-0.15, -0.1) is 12.4 Å². The van der Waals surface area contributed by atoms with Crippen LogP contribution in [0, 0.1) is 22.7 Å². The van der Waals surface area contributed by atoms with Crippen LogP contribution in [-0.4, -0.2) is 45.4 Å². The molecule has 0 unspecified atom stereocenters. The second-order valence-corrected chi connectivity index (χ2v) is 8.37. The van der Waals surface area contributed by atoms with Gasteiger partial charge in [-0.05, 0) is 54.1 Å². The van der Waals surface area contributed by atoms with Crippen LogP contribution in [0.3, 0.4) is 0 Å². The Labute approximate surface area is 250 Å². The number of rotatable bonds is 3. The van der Waals surface area contributed by atoms with Crippen LogP contribution in [0.1, 0.15) is 16.7 Å². The van der Waals surface area contributed by atoms with E-state index >= 15 is 0 Å². The van der Waals surface area contributed by atoms with Crippen LogP contribution in [0.2, 0.25) is 0 Å². The van der Waals surface area contributed by atoms with Crippen molar-refractivity contribution < 1.29 is 0 Å². The number of benzene rings is 3. The second kappa shape index (κ2) is 18.1. The molecule has 3 N–H and O–H groups in total. The lowest BCUT2D eigenvalue weighted by Gasteiger charge is -2.01. The molecule has 3 heterocycles. The summed E-state index contributed by atoms with van der Waals surface area (Å²) in [4.78, 5) is 3.04. The summed E-state index contributed by atoms with van der Waals surface area (Å²) in [6.07, 6.45) is 9.66. The van der Waals surface area contributed by atoms with E-state index in [0.29, 0.717) is 17.7 Å². The minimum Gasteiger partial charge on any atom is -0.326 e. The van der Waals surface area contributed by atoms with Gasteiger partial charge in [-0.2, -0.15) is 55.9 Å². The van der Waals surface area contributed by atoms with Crippen molar-refractivity contribution >= 4 is 28.3 Å². The Morgan fingerprint density at radius 2 is 1.17 bits per heavy atom. The predicted molar refractivity (Wildman–Crippen MR) is 158 cm³/mol. The zero-order chi connectivity index (χ0) is 28.4. The van der Waals surface area contributed by atoms with Gasteiger partial charge in [-0.25, -0.2) is 0 Å². The fourth-order valence-corrected chi connectivity index (χ4v) is 3.33. The molecule has 3 aromatic carbocycles. The maximum absolute atomic E-state index is 8.66. The Kier molecular flexibility index (Phi) is 14.2. The van der Waals surface area contributed by atoms with Gasteiger partial charge in [-0.3, -0.25) is 0 Å². The minimum atomic E-state index is 0. The third kappa shape index (κ3) is 11.2. The molecule has 206 valence electrons. The van der Waals surface area contributed by atoms with E-state index in [4.69, 9.17) is 16.3 Å². The van der Waals surface area contributed by atoms with Crippen LogP contribution in [0.5, 0.6) is 0 Å². The molecule has 0 atom stereocenters. The standard InChI is InChI=1S/C9H10N4.C9H6N4.C7H4BrN.C2H3N3.ClH/c2*10-7-8-2-1-3-9(6-8)13-11-4-5-12-13;8-7-3-1-2-6(4-7)5-9;1-2-4-5-3-1;/h1-6H,7,10H2;1-6H;1-4H;1-2H,(H,3,4,5);1H. The molecule has 0 bridgehead atoms.